The van der Waals surface area contributed by atoms with Crippen molar-refractivity contribution in [3.05, 3.63) is 64.1 Å². The molecular weight excluding hydrogens is 444 g/mol. The lowest BCUT2D eigenvalue weighted by Gasteiger charge is -2.24. The van der Waals surface area contributed by atoms with Gasteiger partial charge in [0.2, 0.25) is 5.91 Å². The first-order valence-electron chi connectivity index (χ1n) is 10.5. The summed E-state index contributed by atoms with van der Waals surface area (Å²) >= 11 is 3.47. The highest BCUT2D eigenvalue weighted by Gasteiger charge is 2.33. The van der Waals surface area contributed by atoms with Crippen LogP contribution in [0, 0.1) is 0 Å². The van der Waals surface area contributed by atoms with Gasteiger partial charge < -0.3 is 9.64 Å². The summed E-state index contributed by atoms with van der Waals surface area (Å²) in [5.41, 5.74) is 8.99. The molecule has 2 saturated heterocycles. The van der Waals surface area contributed by atoms with Gasteiger partial charge in [-0.05, 0) is 48.2 Å². The number of nitrogens with zero attached hydrogens (tertiary/aromatic N) is 2. The van der Waals surface area contributed by atoms with E-state index >= 15 is 0 Å². The first kappa shape index (κ1) is 21.3. The number of carbonyl (C=O) groups excluding carboxylic acids is 1. The van der Waals surface area contributed by atoms with Crippen LogP contribution in [0.25, 0.3) is 0 Å². The van der Waals surface area contributed by atoms with Crippen molar-refractivity contribution >= 4 is 21.8 Å². The lowest BCUT2D eigenvalue weighted by Crippen LogP contribution is -2.46. The van der Waals surface area contributed by atoms with Crippen molar-refractivity contribution in [2.24, 2.45) is 0 Å². The Morgan fingerprint density at radius 1 is 1.03 bits per heavy atom. The number of carbonyl (C=O) groups is 1. The molecule has 2 aliphatic rings. The van der Waals surface area contributed by atoms with Crippen LogP contribution >= 0.6 is 15.9 Å². The van der Waals surface area contributed by atoms with Gasteiger partial charge in [-0.15, -0.1) is 0 Å². The van der Waals surface area contributed by atoms with E-state index in [0.717, 1.165) is 55.8 Å². The van der Waals surface area contributed by atoms with Crippen molar-refractivity contribution < 1.29 is 9.53 Å². The molecule has 0 spiro atoms. The summed E-state index contributed by atoms with van der Waals surface area (Å²) in [6, 6.07) is 16.5. The topological polar surface area (TPSA) is 56.8 Å². The van der Waals surface area contributed by atoms with Crippen LogP contribution in [-0.2, 0) is 11.3 Å². The molecule has 0 aromatic heterocycles. The minimum absolute atomic E-state index is 0.158. The first-order valence-corrected chi connectivity index (χ1v) is 11.3. The Labute approximate surface area is 186 Å². The van der Waals surface area contributed by atoms with Crippen molar-refractivity contribution in [2.75, 3.05) is 33.3 Å². The summed E-state index contributed by atoms with van der Waals surface area (Å²) in [6.45, 7) is 4.40. The Kier molecular flexibility index (Phi) is 7.04. The Morgan fingerprint density at radius 3 is 2.53 bits per heavy atom. The van der Waals surface area contributed by atoms with Gasteiger partial charge in [0.15, 0.2) is 0 Å². The fourth-order valence-corrected chi connectivity index (χ4v) is 4.46. The van der Waals surface area contributed by atoms with Gasteiger partial charge in [0.1, 0.15) is 11.8 Å². The van der Waals surface area contributed by atoms with Crippen LogP contribution in [0.5, 0.6) is 5.75 Å². The van der Waals surface area contributed by atoms with Crippen LogP contribution < -0.4 is 15.6 Å². The molecule has 6 nitrogen and oxygen atoms in total. The molecule has 2 aliphatic heterocycles. The molecular formula is C23H29BrN4O2. The Hall–Kier alpha value is -1.93. The molecule has 2 aromatic carbocycles. The summed E-state index contributed by atoms with van der Waals surface area (Å²) in [7, 11) is 1.69. The standard InChI is InChI=1S/C23H29BrN4O2/c1-30-20-9-3-17(4-10-20)16-27-11-2-12-28(14-13-27)23(29)22-15-21(25-26-22)18-5-7-19(24)8-6-18/h3-10,21-22,25-26H,2,11-16H2,1H3. The molecule has 7 heteroatoms. The highest BCUT2D eigenvalue weighted by molar-refractivity contribution is 9.10. The first-order chi connectivity index (χ1) is 14.6. The smallest absolute Gasteiger partial charge is 0.241 e. The van der Waals surface area contributed by atoms with Crippen molar-refractivity contribution in [3.63, 3.8) is 0 Å². The predicted molar refractivity (Wildman–Crippen MR) is 121 cm³/mol. The van der Waals surface area contributed by atoms with Gasteiger partial charge in [-0.2, -0.15) is 0 Å². The van der Waals surface area contributed by atoms with E-state index in [9.17, 15) is 4.79 Å². The highest BCUT2D eigenvalue weighted by Crippen LogP contribution is 2.25. The minimum Gasteiger partial charge on any atom is -0.497 e. The van der Waals surface area contributed by atoms with Crippen LogP contribution in [0.4, 0.5) is 0 Å². The van der Waals surface area contributed by atoms with E-state index in [1.54, 1.807) is 7.11 Å². The van der Waals surface area contributed by atoms with E-state index in [0.29, 0.717) is 0 Å². The molecule has 4 rings (SSSR count). The number of nitrogens with one attached hydrogen (secondary N) is 2. The Balaban J connectivity index is 1.29. The number of halogens is 1. The van der Waals surface area contributed by atoms with Crippen LogP contribution in [-0.4, -0.2) is 55.0 Å². The average Bonchev–Trinajstić information content (AvgIpc) is 3.15. The van der Waals surface area contributed by atoms with Gasteiger partial charge in [0, 0.05) is 43.2 Å². The van der Waals surface area contributed by atoms with Crippen LogP contribution in [0.15, 0.2) is 53.0 Å². The zero-order chi connectivity index (χ0) is 20.9. The van der Waals surface area contributed by atoms with E-state index in [1.807, 2.05) is 29.2 Å². The summed E-state index contributed by atoms with van der Waals surface area (Å²) in [6.07, 6.45) is 1.77. The fourth-order valence-electron chi connectivity index (χ4n) is 4.19. The number of benzene rings is 2. The number of hydrazine groups is 1. The average molecular weight is 473 g/mol. The zero-order valence-corrected chi connectivity index (χ0v) is 18.9. The molecule has 2 N–H and O–H groups in total. The van der Waals surface area contributed by atoms with Gasteiger partial charge in [0.25, 0.3) is 0 Å². The van der Waals surface area contributed by atoms with Gasteiger partial charge in [-0.25, -0.2) is 10.9 Å². The molecule has 0 saturated carbocycles. The molecule has 2 unspecified atom stereocenters. The molecule has 2 fully saturated rings. The third-order valence-electron chi connectivity index (χ3n) is 5.94. The number of ether oxygens (including phenoxy) is 1. The van der Waals surface area contributed by atoms with E-state index in [1.165, 1.54) is 11.1 Å². The Morgan fingerprint density at radius 2 is 1.80 bits per heavy atom. The second kappa shape index (κ2) is 9.92. The van der Waals surface area contributed by atoms with E-state index in [4.69, 9.17) is 4.74 Å². The lowest BCUT2D eigenvalue weighted by atomic mass is 10.0. The normalized spacial score (nSPS) is 22.7. The molecule has 160 valence electrons. The van der Waals surface area contributed by atoms with Crippen molar-refractivity contribution in [3.8, 4) is 5.75 Å². The SMILES string of the molecule is COc1ccc(CN2CCCN(C(=O)C3CC(c4ccc(Br)cc4)NN3)CC2)cc1. The quantitative estimate of drug-likeness (QED) is 0.699. The molecule has 0 radical (unpaired) electrons. The van der Waals surface area contributed by atoms with Crippen molar-refractivity contribution in [2.45, 2.75) is 31.5 Å². The van der Waals surface area contributed by atoms with Gasteiger partial charge in [-0.1, -0.05) is 40.2 Å². The van der Waals surface area contributed by atoms with Gasteiger partial charge >= 0.3 is 0 Å². The van der Waals surface area contributed by atoms with Crippen LogP contribution in [0.3, 0.4) is 0 Å². The van der Waals surface area contributed by atoms with Crippen LogP contribution in [0.2, 0.25) is 0 Å². The highest BCUT2D eigenvalue weighted by atomic mass is 79.9. The monoisotopic (exact) mass is 472 g/mol. The number of rotatable bonds is 5. The van der Waals surface area contributed by atoms with Gasteiger partial charge in [-0.3, -0.25) is 9.69 Å². The number of amides is 1. The fraction of sp³-hybridized carbons (Fsp3) is 0.435. The predicted octanol–water partition coefficient (Wildman–Crippen LogP) is 3.10. The molecule has 0 bridgehead atoms. The lowest BCUT2D eigenvalue weighted by molar-refractivity contribution is -0.133. The molecule has 30 heavy (non-hydrogen) atoms. The number of methoxy groups -OCH3 is 1. The van der Waals surface area contributed by atoms with E-state index in [2.05, 4.69) is 55.9 Å². The van der Waals surface area contributed by atoms with Crippen molar-refractivity contribution in [1.29, 1.82) is 0 Å². The van der Waals surface area contributed by atoms with E-state index in [-0.39, 0.29) is 18.0 Å². The largest absolute Gasteiger partial charge is 0.497 e. The van der Waals surface area contributed by atoms with E-state index < -0.39 is 0 Å². The maximum absolute atomic E-state index is 13.1. The molecule has 2 aromatic rings. The maximum atomic E-state index is 13.1. The summed E-state index contributed by atoms with van der Waals surface area (Å²) in [4.78, 5) is 17.6. The second-order valence-electron chi connectivity index (χ2n) is 7.98. The van der Waals surface area contributed by atoms with Crippen molar-refractivity contribution in [1.82, 2.24) is 20.7 Å². The molecule has 2 atom stereocenters. The molecule has 0 aliphatic carbocycles. The minimum atomic E-state index is -0.174. The molecule has 2 heterocycles. The second-order valence-corrected chi connectivity index (χ2v) is 8.90. The Bertz CT molecular complexity index is 843. The zero-order valence-electron chi connectivity index (χ0n) is 17.3. The van der Waals surface area contributed by atoms with Gasteiger partial charge in [0.05, 0.1) is 7.11 Å². The summed E-state index contributed by atoms with van der Waals surface area (Å²) in [5.74, 6) is 1.08. The summed E-state index contributed by atoms with van der Waals surface area (Å²) in [5, 5.41) is 0. The third kappa shape index (κ3) is 5.21. The molecule has 1 amide bonds. The van der Waals surface area contributed by atoms with Crippen LogP contribution in [0.1, 0.15) is 30.0 Å². The number of hydrogen-bond acceptors (Lipinski definition) is 5. The number of hydrogen-bond donors (Lipinski definition) is 2. The third-order valence-corrected chi connectivity index (χ3v) is 6.47. The maximum Gasteiger partial charge on any atom is 0.241 e. The summed E-state index contributed by atoms with van der Waals surface area (Å²) < 4.78 is 6.30.